The zero-order valence-electron chi connectivity index (χ0n) is 16.8. The summed E-state index contributed by atoms with van der Waals surface area (Å²) in [6.45, 7) is -0.486. The van der Waals surface area contributed by atoms with Crippen molar-refractivity contribution >= 4 is 21.9 Å². The van der Waals surface area contributed by atoms with Gasteiger partial charge in [0.25, 0.3) is 10.1 Å². The average Bonchev–Trinajstić information content (AvgIpc) is 3.65. The van der Waals surface area contributed by atoms with Crippen molar-refractivity contribution in [3.63, 3.8) is 0 Å². The second-order valence-electron chi connectivity index (χ2n) is 8.46. The average molecular weight is 471 g/mol. The van der Waals surface area contributed by atoms with Crippen molar-refractivity contribution in [1.29, 1.82) is 5.26 Å². The minimum Gasteiger partial charge on any atom is -0.336 e. The first-order chi connectivity index (χ1) is 14.9. The summed E-state index contributed by atoms with van der Waals surface area (Å²) in [5.41, 5.74) is -3.66. The number of nitriles is 1. The lowest BCUT2D eigenvalue weighted by Gasteiger charge is -2.29. The minimum absolute atomic E-state index is 0.152. The first kappa shape index (κ1) is 22.5. The number of amides is 2. The van der Waals surface area contributed by atoms with Gasteiger partial charge in [-0.25, -0.2) is 0 Å². The van der Waals surface area contributed by atoms with Crippen molar-refractivity contribution < 1.29 is 35.4 Å². The van der Waals surface area contributed by atoms with Crippen LogP contribution in [0.2, 0.25) is 0 Å². The van der Waals surface area contributed by atoms with E-state index in [-0.39, 0.29) is 11.3 Å². The van der Waals surface area contributed by atoms with Gasteiger partial charge in [0, 0.05) is 13.0 Å². The molecule has 8 nitrogen and oxygen atoms in total. The highest BCUT2D eigenvalue weighted by Crippen LogP contribution is 2.59. The third-order valence-electron chi connectivity index (χ3n) is 6.15. The Balaban J connectivity index is 1.57. The van der Waals surface area contributed by atoms with E-state index in [1.807, 2.05) is 6.07 Å². The van der Waals surface area contributed by atoms with Gasteiger partial charge in [-0.15, -0.1) is 0 Å². The summed E-state index contributed by atoms with van der Waals surface area (Å²) in [4.78, 5) is 26.3. The fourth-order valence-corrected chi connectivity index (χ4v) is 4.99. The lowest BCUT2D eigenvalue weighted by molar-refractivity contribution is -0.199. The van der Waals surface area contributed by atoms with Crippen LogP contribution in [0.15, 0.2) is 35.2 Å². The molecule has 1 saturated heterocycles. The molecule has 0 bridgehead atoms. The van der Waals surface area contributed by atoms with E-state index in [1.165, 1.54) is 24.3 Å². The van der Waals surface area contributed by atoms with Gasteiger partial charge in [0.1, 0.15) is 17.0 Å². The highest BCUT2D eigenvalue weighted by Gasteiger charge is 2.70. The van der Waals surface area contributed by atoms with Crippen LogP contribution in [0.1, 0.15) is 32.1 Å². The van der Waals surface area contributed by atoms with Gasteiger partial charge in [0.2, 0.25) is 11.8 Å². The predicted molar refractivity (Wildman–Crippen MR) is 102 cm³/mol. The topological polar surface area (TPSA) is 117 Å². The standard InChI is InChI=1S/C20H20F3N3O5S/c21-20(22,23)19(8-9-19)17(28)26-11-13(31-32(29,30)14-4-2-1-3-5-14)10-15(26)16(27)25-18(12-24)6-7-18/h1-5,13,15H,6-11H2,(H,25,27)/t13?,15-/m0/s1. The number of benzene rings is 1. The van der Waals surface area contributed by atoms with Gasteiger partial charge in [-0.05, 0) is 37.8 Å². The van der Waals surface area contributed by atoms with E-state index in [2.05, 4.69) is 5.32 Å². The summed E-state index contributed by atoms with van der Waals surface area (Å²) in [7, 11) is -4.26. The van der Waals surface area contributed by atoms with Crippen LogP contribution in [0.25, 0.3) is 0 Å². The Morgan fingerprint density at radius 2 is 1.78 bits per heavy atom. The largest absolute Gasteiger partial charge is 0.403 e. The smallest absolute Gasteiger partial charge is 0.336 e. The number of nitrogens with one attached hydrogen (secondary N) is 1. The van der Waals surface area contributed by atoms with Crippen molar-refractivity contribution in [2.24, 2.45) is 5.41 Å². The molecular formula is C20H20F3N3O5S. The van der Waals surface area contributed by atoms with Crippen molar-refractivity contribution in [2.45, 2.75) is 60.9 Å². The molecule has 1 aliphatic heterocycles. The Kier molecular flexibility index (Phi) is 5.25. The normalized spacial score (nSPS) is 25.6. The quantitative estimate of drug-likeness (QED) is 0.634. The van der Waals surface area contributed by atoms with E-state index >= 15 is 0 Å². The summed E-state index contributed by atoms with van der Waals surface area (Å²) >= 11 is 0. The van der Waals surface area contributed by atoms with Crippen molar-refractivity contribution in [2.75, 3.05) is 6.54 Å². The molecule has 2 atom stereocenters. The van der Waals surface area contributed by atoms with E-state index in [4.69, 9.17) is 4.18 Å². The lowest BCUT2D eigenvalue weighted by Crippen LogP contribution is -2.53. The van der Waals surface area contributed by atoms with Crippen molar-refractivity contribution in [3.8, 4) is 6.07 Å². The summed E-state index contributed by atoms with van der Waals surface area (Å²) in [6, 6.07) is 7.73. The number of halogens is 3. The Morgan fingerprint density at radius 3 is 2.28 bits per heavy atom. The molecule has 4 rings (SSSR count). The molecule has 1 N–H and O–H groups in total. The van der Waals surface area contributed by atoms with Crippen LogP contribution in [0.3, 0.4) is 0 Å². The third kappa shape index (κ3) is 3.95. The molecule has 1 aromatic rings. The fraction of sp³-hybridized carbons (Fsp3) is 0.550. The molecule has 2 amide bonds. The molecule has 12 heteroatoms. The molecule has 172 valence electrons. The van der Waals surface area contributed by atoms with Crippen LogP contribution in [-0.4, -0.2) is 55.5 Å². The Morgan fingerprint density at radius 1 is 1.16 bits per heavy atom. The summed E-state index contributed by atoms with van der Waals surface area (Å²) in [5.74, 6) is -2.06. The molecule has 0 spiro atoms. The molecule has 1 aromatic carbocycles. The van der Waals surface area contributed by atoms with Crippen LogP contribution in [0.4, 0.5) is 13.2 Å². The number of rotatable bonds is 6. The first-order valence-corrected chi connectivity index (χ1v) is 11.4. The van der Waals surface area contributed by atoms with E-state index in [0.717, 1.165) is 4.90 Å². The van der Waals surface area contributed by atoms with E-state index < -0.39 is 70.6 Å². The van der Waals surface area contributed by atoms with E-state index in [1.54, 1.807) is 6.07 Å². The van der Waals surface area contributed by atoms with E-state index in [0.29, 0.717) is 12.8 Å². The van der Waals surface area contributed by atoms with E-state index in [9.17, 15) is 36.4 Å². The number of likely N-dealkylation sites (tertiary alicyclic amines) is 1. The maximum atomic E-state index is 13.5. The van der Waals surface area contributed by atoms with Crippen molar-refractivity contribution in [3.05, 3.63) is 30.3 Å². The molecule has 1 heterocycles. The molecular weight excluding hydrogens is 451 g/mol. The second-order valence-corrected chi connectivity index (χ2v) is 10.0. The van der Waals surface area contributed by atoms with Crippen LogP contribution in [0, 0.1) is 16.7 Å². The lowest BCUT2D eigenvalue weighted by atomic mass is 10.0. The summed E-state index contributed by atoms with van der Waals surface area (Å²) in [5, 5.41) is 11.7. The van der Waals surface area contributed by atoms with Gasteiger partial charge in [-0.3, -0.25) is 13.8 Å². The number of hydrogen-bond acceptors (Lipinski definition) is 6. The Hall–Kier alpha value is -2.65. The highest BCUT2D eigenvalue weighted by atomic mass is 32.2. The number of carbonyl (C=O) groups excluding carboxylic acids is 2. The number of alkyl halides is 3. The van der Waals surface area contributed by atoms with Crippen molar-refractivity contribution in [1.82, 2.24) is 10.2 Å². The third-order valence-corrected chi connectivity index (χ3v) is 7.52. The zero-order valence-corrected chi connectivity index (χ0v) is 17.6. The van der Waals surface area contributed by atoms with Gasteiger partial charge < -0.3 is 10.2 Å². The first-order valence-electron chi connectivity index (χ1n) is 10.0. The van der Waals surface area contributed by atoms with Crippen LogP contribution in [0.5, 0.6) is 0 Å². The van der Waals surface area contributed by atoms with Gasteiger partial charge in [0.05, 0.1) is 17.1 Å². The maximum absolute atomic E-state index is 13.5. The Labute approximate surface area is 182 Å². The summed E-state index contributed by atoms with van der Waals surface area (Å²) < 4.78 is 70.9. The van der Waals surface area contributed by atoms with Crippen LogP contribution >= 0.6 is 0 Å². The van der Waals surface area contributed by atoms with Crippen LogP contribution < -0.4 is 5.32 Å². The van der Waals surface area contributed by atoms with Gasteiger partial charge >= 0.3 is 6.18 Å². The van der Waals surface area contributed by atoms with Crippen LogP contribution in [-0.2, 0) is 23.9 Å². The van der Waals surface area contributed by atoms with Gasteiger partial charge in [-0.2, -0.15) is 26.9 Å². The molecule has 32 heavy (non-hydrogen) atoms. The predicted octanol–water partition coefficient (Wildman–Crippen LogP) is 1.88. The molecule has 2 aliphatic carbocycles. The molecule has 0 aromatic heterocycles. The van der Waals surface area contributed by atoms with Gasteiger partial charge in [0.15, 0.2) is 0 Å². The molecule has 1 unspecified atom stereocenters. The molecule has 3 aliphatic rings. The highest BCUT2D eigenvalue weighted by molar-refractivity contribution is 7.86. The Bertz CT molecular complexity index is 1080. The second kappa shape index (κ2) is 7.45. The monoisotopic (exact) mass is 471 g/mol. The number of nitrogens with zero attached hydrogens (tertiary/aromatic N) is 2. The number of hydrogen-bond donors (Lipinski definition) is 1. The fourth-order valence-electron chi connectivity index (χ4n) is 3.89. The SMILES string of the molecule is N#CC1(NC(=O)[C@@H]2CC(OS(=O)(=O)c3ccccc3)CN2C(=O)C2(C(F)(F)F)CC2)CC1. The number of carbonyl (C=O) groups is 2. The summed E-state index contributed by atoms with van der Waals surface area (Å²) in [6.07, 6.45) is -6.30. The maximum Gasteiger partial charge on any atom is 0.403 e. The zero-order chi connectivity index (χ0) is 23.4. The molecule has 3 fully saturated rings. The molecule has 2 saturated carbocycles. The molecule has 0 radical (unpaired) electrons. The minimum atomic E-state index is -4.79. The van der Waals surface area contributed by atoms with Gasteiger partial charge in [-0.1, -0.05) is 18.2 Å².